The number of aryl methyl sites for hydroxylation is 1. The van der Waals surface area contributed by atoms with E-state index >= 15 is 0 Å². The number of aromatic amines is 1. The third-order valence-corrected chi connectivity index (χ3v) is 5.63. The Hall–Kier alpha value is -2.67. The van der Waals surface area contributed by atoms with Gasteiger partial charge in [0.2, 0.25) is 0 Å². The largest absolute Gasteiger partial charge is 0.323 e. The number of rotatable bonds is 3. The van der Waals surface area contributed by atoms with Gasteiger partial charge in [-0.3, -0.25) is 9.69 Å². The molecule has 1 aromatic carbocycles. The topological polar surface area (TPSA) is 81.3 Å². The van der Waals surface area contributed by atoms with Crippen LogP contribution in [0.4, 0.5) is 10.5 Å². The van der Waals surface area contributed by atoms with E-state index in [1.165, 1.54) is 25.3 Å². The van der Waals surface area contributed by atoms with Crippen molar-refractivity contribution in [3.63, 3.8) is 0 Å². The van der Waals surface area contributed by atoms with Gasteiger partial charge in [0.15, 0.2) is 0 Å². The third-order valence-electron chi connectivity index (χ3n) is 5.63. The third kappa shape index (κ3) is 4.25. The standard InChI is InChI=1S/C21H27N5O2/c1-15-22-19(13-20(27)23-15)16-6-8-17(9-7-16)24-21(28)26-12-4-5-18(14-26)25-10-2-3-11-25/h6-9,13,18H,2-5,10-12,14H2,1H3,(H,24,28)(H,22,23,27). The molecule has 1 atom stereocenters. The molecular weight excluding hydrogens is 354 g/mol. The molecule has 1 unspecified atom stereocenters. The summed E-state index contributed by atoms with van der Waals surface area (Å²) in [4.78, 5) is 35.8. The lowest BCUT2D eigenvalue weighted by Crippen LogP contribution is -2.50. The molecular formula is C21H27N5O2. The SMILES string of the molecule is Cc1nc(-c2ccc(NC(=O)N3CCCC(N4CCCC4)C3)cc2)cc(=O)[nH]1. The summed E-state index contributed by atoms with van der Waals surface area (Å²) in [5, 5.41) is 3.00. The number of amides is 2. The maximum absolute atomic E-state index is 12.7. The van der Waals surface area contributed by atoms with Crippen LogP contribution < -0.4 is 10.9 Å². The van der Waals surface area contributed by atoms with Crippen molar-refractivity contribution in [3.8, 4) is 11.3 Å². The van der Waals surface area contributed by atoms with Crippen LogP contribution in [0.5, 0.6) is 0 Å². The van der Waals surface area contributed by atoms with Crippen LogP contribution in [-0.4, -0.2) is 58.0 Å². The highest BCUT2D eigenvalue weighted by molar-refractivity contribution is 5.89. The van der Waals surface area contributed by atoms with E-state index < -0.39 is 0 Å². The summed E-state index contributed by atoms with van der Waals surface area (Å²) in [6, 6.07) is 9.39. The minimum Gasteiger partial charge on any atom is -0.323 e. The maximum atomic E-state index is 12.7. The highest BCUT2D eigenvalue weighted by Gasteiger charge is 2.29. The van der Waals surface area contributed by atoms with E-state index in [4.69, 9.17) is 0 Å². The molecule has 2 aromatic rings. The van der Waals surface area contributed by atoms with Gasteiger partial charge in [-0.1, -0.05) is 12.1 Å². The lowest BCUT2D eigenvalue weighted by Gasteiger charge is -2.37. The Bertz CT molecular complexity index is 886. The average molecular weight is 381 g/mol. The van der Waals surface area contributed by atoms with E-state index in [-0.39, 0.29) is 11.6 Å². The van der Waals surface area contributed by atoms with Crippen LogP contribution in [0.2, 0.25) is 0 Å². The van der Waals surface area contributed by atoms with Crippen molar-refractivity contribution < 1.29 is 4.79 Å². The highest BCUT2D eigenvalue weighted by atomic mass is 16.2. The molecule has 0 saturated carbocycles. The molecule has 4 rings (SSSR count). The van der Waals surface area contributed by atoms with Gasteiger partial charge < -0.3 is 15.2 Å². The molecule has 2 aliphatic rings. The molecule has 28 heavy (non-hydrogen) atoms. The fourth-order valence-electron chi connectivity index (χ4n) is 4.20. The number of hydrogen-bond donors (Lipinski definition) is 2. The molecule has 2 aliphatic heterocycles. The normalized spacial score (nSPS) is 20.3. The van der Waals surface area contributed by atoms with E-state index in [0.717, 1.165) is 43.9 Å². The monoisotopic (exact) mass is 381 g/mol. The van der Waals surface area contributed by atoms with Crippen LogP contribution in [0.1, 0.15) is 31.5 Å². The summed E-state index contributed by atoms with van der Waals surface area (Å²) < 4.78 is 0. The lowest BCUT2D eigenvalue weighted by atomic mass is 10.0. The molecule has 3 heterocycles. The van der Waals surface area contributed by atoms with Gasteiger partial charge in [0, 0.05) is 36.4 Å². The number of hydrogen-bond acceptors (Lipinski definition) is 4. The van der Waals surface area contributed by atoms with Crippen LogP contribution in [-0.2, 0) is 0 Å². The van der Waals surface area contributed by atoms with Crippen molar-refractivity contribution >= 4 is 11.7 Å². The molecule has 0 aliphatic carbocycles. The molecule has 2 amide bonds. The van der Waals surface area contributed by atoms with E-state index in [9.17, 15) is 9.59 Å². The minimum atomic E-state index is -0.169. The zero-order valence-electron chi connectivity index (χ0n) is 16.3. The van der Waals surface area contributed by atoms with Crippen LogP contribution in [0.25, 0.3) is 11.3 Å². The van der Waals surface area contributed by atoms with Gasteiger partial charge in [-0.15, -0.1) is 0 Å². The number of piperidine rings is 1. The van der Waals surface area contributed by atoms with Gasteiger partial charge in [0.05, 0.1) is 5.69 Å². The molecule has 7 nitrogen and oxygen atoms in total. The Labute approximate surface area is 164 Å². The molecule has 0 spiro atoms. The quantitative estimate of drug-likeness (QED) is 0.857. The number of likely N-dealkylation sites (tertiary alicyclic amines) is 2. The first-order valence-electron chi connectivity index (χ1n) is 10.1. The highest BCUT2D eigenvalue weighted by Crippen LogP contribution is 2.22. The maximum Gasteiger partial charge on any atom is 0.321 e. The smallest absolute Gasteiger partial charge is 0.321 e. The summed E-state index contributed by atoms with van der Waals surface area (Å²) in [6.45, 7) is 5.70. The number of carbonyl (C=O) groups excluding carboxylic acids is 1. The molecule has 2 fully saturated rings. The zero-order chi connectivity index (χ0) is 19.5. The Balaban J connectivity index is 1.39. The van der Waals surface area contributed by atoms with Crippen molar-refractivity contribution in [3.05, 3.63) is 46.5 Å². The molecule has 2 saturated heterocycles. The molecule has 7 heteroatoms. The van der Waals surface area contributed by atoms with Crippen molar-refractivity contribution in [1.29, 1.82) is 0 Å². The summed E-state index contributed by atoms with van der Waals surface area (Å²) >= 11 is 0. The number of aromatic nitrogens is 2. The minimum absolute atomic E-state index is 0.0400. The molecule has 2 N–H and O–H groups in total. The second-order valence-electron chi connectivity index (χ2n) is 7.71. The Morgan fingerprint density at radius 3 is 2.61 bits per heavy atom. The predicted molar refractivity (Wildman–Crippen MR) is 109 cm³/mol. The van der Waals surface area contributed by atoms with Gasteiger partial charge >= 0.3 is 6.03 Å². The van der Waals surface area contributed by atoms with Gasteiger partial charge in [-0.2, -0.15) is 0 Å². The van der Waals surface area contributed by atoms with Crippen LogP contribution in [0.3, 0.4) is 0 Å². The lowest BCUT2D eigenvalue weighted by molar-refractivity contribution is 0.132. The second-order valence-corrected chi connectivity index (χ2v) is 7.71. The van der Waals surface area contributed by atoms with Crippen molar-refractivity contribution in [1.82, 2.24) is 19.8 Å². The number of carbonyl (C=O) groups is 1. The summed E-state index contributed by atoms with van der Waals surface area (Å²) in [6.07, 6.45) is 4.79. The number of benzene rings is 1. The number of anilines is 1. The Morgan fingerprint density at radius 1 is 1.14 bits per heavy atom. The fraction of sp³-hybridized carbons (Fsp3) is 0.476. The Kier molecular flexibility index (Phi) is 5.43. The first-order valence-corrected chi connectivity index (χ1v) is 10.1. The predicted octanol–water partition coefficient (Wildman–Crippen LogP) is 2.84. The average Bonchev–Trinajstić information content (AvgIpc) is 3.23. The summed E-state index contributed by atoms with van der Waals surface area (Å²) in [5.74, 6) is 0.581. The van der Waals surface area contributed by atoms with Gasteiger partial charge in [-0.05, 0) is 57.8 Å². The molecule has 148 valence electrons. The van der Waals surface area contributed by atoms with Crippen molar-refractivity contribution in [2.75, 3.05) is 31.5 Å². The van der Waals surface area contributed by atoms with Gasteiger partial charge in [-0.25, -0.2) is 9.78 Å². The Morgan fingerprint density at radius 2 is 1.89 bits per heavy atom. The van der Waals surface area contributed by atoms with E-state index in [1.807, 2.05) is 29.2 Å². The van der Waals surface area contributed by atoms with E-state index in [0.29, 0.717) is 17.6 Å². The molecule has 0 radical (unpaired) electrons. The van der Waals surface area contributed by atoms with Crippen LogP contribution in [0, 0.1) is 6.92 Å². The summed E-state index contributed by atoms with van der Waals surface area (Å²) in [5.41, 5.74) is 2.05. The van der Waals surface area contributed by atoms with E-state index in [1.54, 1.807) is 6.92 Å². The second kappa shape index (κ2) is 8.14. The first-order chi connectivity index (χ1) is 13.6. The molecule has 0 bridgehead atoms. The number of urea groups is 1. The van der Waals surface area contributed by atoms with Crippen LogP contribution in [0.15, 0.2) is 35.1 Å². The first kappa shape index (κ1) is 18.7. The number of nitrogens with one attached hydrogen (secondary N) is 2. The van der Waals surface area contributed by atoms with E-state index in [2.05, 4.69) is 20.2 Å². The molecule has 1 aromatic heterocycles. The van der Waals surface area contributed by atoms with Gasteiger partial charge in [0.25, 0.3) is 5.56 Å². The fourth-order valence-corrected chi connectivity index (χ4v) is 4.20. The zero-order valence-corrected chi connectivity index (χ0v) is 16.3. The number of nitrogens with zero attached hydrogens (tertiary/aromatic N) is 3. The van der Waals surface area contributed by atoms with Crippen molar-refractivity contribution in [2.24, 2.45) is 0 Å². The van der Waals surface area contributed by atoms with Gasteiger partial charge in [0.1, 0.15) is 5.82 Å². The number of H-pyrrole nitrogens is 1. The van der Waals surface area contributed by atoms with Crippen molar-refractivity contribution in [2.45, 2.75) is 38.6 Å². The summed E-state index contributed by atoms with van der Waals surface area (Å²) in [7, 11) is 0. The van der Waals surface area contributed by atoms with Crippen LogP contribution >= 0.6 is 0 Å².